The second-order valence-corrected chi connectivity index (χ2v) is 5.44. The van der Waals surface area contributed by atoms with Crippen LogP contribution in [0.15, 0.2) is 40.2 Å². The highest BCUT2D eigenvalue weighted by Gasteiger charge is 2.37. The lowest BCUT2D eigenvalue weighted by Gasteiger charge is -2.25. The molecule has 2 N–H and O–H groups in total. The van der Waals surface area contributed by atoms with Crippen molar-refractivity contribution in [2.75, 3.05) is 6.54 Å². The predicted molar refractivity (Wildman–Crippen MR) is 75.4 cm³/mol. The molecule has 0 spiro atoms. The van der Waals surface area contributed by atoms with Gasteiger partial charge >= 0.3 is 0 Å². The van der Waals surface area contributed by atoms with Crippen LogP contribution in [-0.2, 0) is 7.05 Å². The number of hydrogen-bond acceptors (Lipinski definition) is 3. The Hall–Kier alpha value is -2.37. The molecule has 0 bridgehead atoms. The van der Waals surface area contributed by atoms with Crippen molar-refractivity contribution in [1.82, 2.24) is 15.2 Å². The van der Waals surface area contributed by atoms with Gasteiger partial charge in [-0.25, -0.2) is 4.39 Å². The maximum atomic E-state index is 14.4. The number of nitrogens with one attached hydrogen (secondary N) is 2. The summed E-state index contributed by atoms with van der Waals surface area (Å²) in [5.74, 6) is -1.12. The van der Waals surface area contributed by atoms with E-state index in [0.717, 1.165) is 0 Å². The molecule has 2 aliphatic heterocycles. The molecule has 3 heterocycles. The third kappa shape index (κ3) is 1.55. The zero-order chi connectivity index (χ0) is 14.7. The Labute approximate surface area is 119 Å². The van der Waals surface area contributed by atoms with Crippen molar-refractivity contribution in [3.8, 4) is 0 Å². The maximum Gasteiger partial charge on any atom is 0.260 e. The van der Waals surface area contributed by atoms with Crippen LogP contribution < -0.4 is 16.2 Å². The lowest BCUT2D eigenvalue weighted by Crippen LogP contribution is -2.36. The number of aromatic nitrogens is 1. The Bertz CT molecular complexity index is 817. The van der Waals surface area contributed by atoms with Gasteiger partial charge in [-0.1, -0.05) is 0 Å². The predicted octanol–water partition coefficient (Wildman–Crippen LogP) is 1.57. The third-order valence-corrected chi connectivity index (χ3v) is 4.23. The highest BCUT2D eigenvalue weighted by atomic mass is 19.1. The molecular formula is C15H13F2N3O. The fraction of sp³-hybridized carbons (Fsp3) is 0.267. The summed E-state index contributed by atoms with van der Waals surface area (Å²) in [5, 5.41) is 5.89. The van der Waals surface area contributed by atoms with Crippen molar-refractivity contribution in [2.45, 2.75) is 12.5 Å². The first-order valence-electron chi connectivity index (χ1n) is 6.80. The normalized spacial score (nSPS) is 23.0. The Morgan fingerprint density at radius 3 is 3.00 bits per heavy atom. The van der Waals surface area contributed by atoms with Gasteiger partial charge in [0.05, 0.1) is 17.3 Å². The number of halogens is 2. The lowest BCUT2D eigenvalue weighted by atomic mass is 9.92. The summed E-state index contributed by atoms with van der Waals surface area (Å²) in [7, 11) is 1.62. The lowest BCUT2D eigenvalue weighted by molar-refractivity contribution is 0.501. The van der Waals surface area contributed by atoms with Gasteiger partial charge < -0.3 is 15.2 Å². The van der Waals surface area contributed by atoms with E-state index in [0.29, 0.717) is 24.2 Å². The first kappa shape index (κ1) is 12.4. The van der Waals surface area contributed by atoms with Crippen molar-refractivity contribution in [3.05, 3.63) is 56.9 Å². The summed E-state index contributed by atoms with van der Waals surface area (Å²) in [4.78, 5) is 12.4. The number of aryl methyl sites for hydroxylation is 1. The Balaban J connectivity index is 2.14. The summed E-state index contributed by atoms with van der Waals surface area (Å²) in [6.45, 7) is 0.607. The first-order chi connectivity index (χ1) is 10.1. The highest BCUT2D eigenvalue weighted by molar-refractivity contribution is 5.86. The smallest absolute Gasteiger partial charge is 0.260 e. The van der Waals surface area contributed by atoms with Crippen LogP contribution in [0.3, 0.4) is 0 Å². The fourth-order valence-corrected chi connectivity index (χ4v) is 3.21. The number of fused-ring (bicyclic) bond motifs is 2. The Kier molecular flexibility index (Phi) is 2.40. The minimum absolute atomic E-state index is 0.206. The molecule has 1 aromatic rings. The van der Waals surface area contributed by atoms with Crippen molar-refractivity contribution < 1.29 is 8.78 Å². The average Bonchev–Trinajstić information content (AvgIpc) is 2.70. The van der Waals surface area contributed by atoms with E-state index in [1.54, 1.807) is 13.1 Å². The van der Waals surface area contributed by atoms with Crippen molar-refractivity contribution in [2.24, 2.45) is 7.05 Å². The molecule has 0 amide bonds. The monoisotopic (exact) mass is 289 g/mol. The summed E-state index contributed by atoms with van der Waals surface area (Å²) in [6.07, 6.45) is 3.38. The number of nitrogens with zero attached hydrogens (tertiary/aromatic N) is 1. The van der Waals surface area contributed by atoms with Gasteiger partial charge in [0.15, 0.2) is 5.95 Å². The van der Waals surface area contributed by atoms with E-state index in [2.05, 4.69) is 10.6 Å². The van der Waals surface area contributed by atoms with Crippen LogP contribution in [0.2, 0.25) is 0 Å². The molecule has 6 heteroatoms. The molecule has 1 aliphatic carbocycles. The average molecular weight is 289 g/mol. The number of hydrogen-bond donors (Lipinski definition) is 2. The fourth-order valence-electron chi connectivity index (χ4n) is 3.21. The topological polar surface area (TPSA) is 46.1 Å². The van der Waals surface area contributed by atoms with Gasteiger partial charge in [0.2, 0.25) is 0 Å². The van der Waals surface area contributed by atoms with Gasteiger partial charge in [-0.15, -0.1) is 0 Å². The van der Waals surface area contributed by atoms with Crippen molar-refractivity contribution in [1.29, 1.82) is 0 Å². The minimum atomic E-state index is -0.591. The Morgan fingerprint density at radius 2 is 2.19 bits per heavy atom. The summed E-state index contributed by atoms with van der Waals surface area (Å²) < 4.78 is 29.9. The number of allylic oxidation sites excluding steroid dienone is 1. The largest absolute Gasteiger partial charge is 0.384 e. The molecule has 1 atom stereocenters. The van der Waals surface area contributed by atoms with Crippen LogP contribution >= 0.6 is 0 Å². The van der Waals surface area contributed by atoms with Crippen LogP contribution in [0, 0.1) is 0 Å². The molecule has 21 heavy (non-hydrogen) atoms. The third-order valence-electron chi connectivity index (χ3n) is 4.23. The van der Waals surface area contributed by atoms with Crippen molar-refractivity contribution in [3.63, 3.8) is 0 Å². The highest BCUT2D eigenvalue weighted by Crippen LogP contribution is 2.41. The van der Waals surface area contributed by atoms with E-state index in [1.807, 2.05) is 0 Å². The zero-order valence-electron chi connectivity index (χ0n) is 11.3. The van der Waals surface area contributed by atoms with E-state index in [-0.39, 0.29) is 28.3 Å². The molecular weight excluding hydrogens is 276 g/mol. The van der Waals surface area contributed by atoms with Gasteiger partial charge in [-0.2, -0.15) is 4.39 Å². The van der Waals surface area contributed by atoms with Gasteiger partial charge in [0.1, 0.15) is 5.83 Å². The van der Waals surface area contributed by atoms with E-state index in [4.69, 9.17) is 0 Å². The van der Waals surface area contributed by atoms with Crippen LogP contribution in [0.4, 0.5) is 8.78 Å². The second kappa shape index (κ2) is 4.07. The molecule has 1 aromatic heterocycles. The van der Waals surface area contributed by atoms with E-state index >= 15 is 0 Å². The van der Waals surface area contributed by atoms with Crippen LogP contribution in [-0.4, -0.2) is 17.2 Å². The molecule has 0 saturated heterocycles. The molecule has 0 saturated carbocycles. The standard InChI is InChI=1S/C15H13F2N3O/c1-20-5-3-7-9(16)6-8-11-10(19-14(8)17)2-4-18-13(11)12(7)15(20)21/h3,5-6,10,18-19H,2,4H2,1H3. The maximum absolute atomic E-state index is 14.4. The zero-order valence-corrected chi connectivity index (χ0v) is 11.3. The van der Waals surface area contributed by atoms with Crippen LogP contribution in [0.5, 0.6) is 0 Å². The van der Waals surface area contributed by atoms with Crippen molar-refractivity contribution >= 4 is 11.5 Å². The molecule has 0 fully saturated rings. The number of pyridine rings is 1. The van der Waals surface area contributed by atoms with Crippen LogP contribution in [0.1, 0.15) is 17.5 Å². The van der Waals surface area contributed by atoms with Crippen LogP contribution in [0.25, 0.3) is 11.5 Å². The quantitative estimate of drug-likeness (QED) is 0.713. The molecule has 3 aliphatic rings. The SMILES string of the molecule is Cn1ccc2c(c1=O)C1=C3C(=C(F)NC3CCN1)C=C2F. The van der Waals surface area contributed by atoms with Gasteiger partial charge in [-0.3, -0.25) is 4.79 Å². The summed E-state index contributed by atoms with van der Waals surface area (Å²) >= 11 is 0. The molecule has 0 radical (unpaired) electrons. The van der Waals surface area contributed by atoms with Gasteiger partial charge in [0, 0.05) is 36.5 Å². The van der Waals surface area contributed by atoms with E-state index in [9.17, 15) is 13.6 Å². The molecule has 4 nitrogen and oxygen atoms in total. The first-order valence-corrected chi connectivity index (χ1v) is 6.80. The van der Waals surface area contributed by atoms with E-state index in [1.165, 1.54) is 16.8 Å². The van der Waals surface area contributed by atoms with E-state index < -0.39 is 11.8 Å². The second-order valence-electron chi connectivity index (χ2n) is 5.44. The Morgan fingerprint density at radius 1 is 1.38 bits per heavy atom. The molecule has 108 valence electrons. The molecule has 1 unspecified atom stereocenters. The van der Waals surface area contributed by atoms with Gasteiger partial charge in [0.25, 0.3) is 5.56 Å². The summed E-state index contributed by atoms with van der Waals surface area (Å²) in [5.41, 5.74) is 1.60. The number of rotatable bonds is 0. The molecule has 4 rings (SSSR count). The van der Waals surface area contributed by atoms with Gasteiger partial charge in [-0.05, 0) is 18.6 Å². The summed E-state index contributed by atoms with van der Waals surface area (Å²) in [6, 6.07) is 1.34. The minimum Gasteiger partial charge on any atom is -0.384 e. The molecule has 0 aromatic carbocycles.